The van der Waals surface area contributed by atoms with E-state index < -0.39 is 5.54 Å². The van der Waals surface area contributed by atoms with Gasteiger partial charge in [0.15, 0.2) is 0 Å². The minimum Gasteiger partial charge on any atom is -0.270 e. The minimum absolute atomic E-state index is 0.0535. The Balaban J connectivity index is 2.38. The second-order valence-electron chi connectivity index (χ2n) is 5.28. The Morgan fingerprint density at radius 3 is 1.67 bits per heavy atom. The predicted molar refractivity (Wildman–Crippen MR) is 57.1 cm³/mol. The maximum Gasteiger partial charge on any atom is 0.257 e. The molecule has 2 rings (SSSR count). The van der Waals surface area contributed by atoms with E-state index in [1.54, 1.807) is 0 Å². The molecule has 0 fully saturated rings. The maximum atomic E-state index is 12.0. The Morgan fingerprint density at radius 1 is 0.933 bits per heavy atom. The number of carbonyl (C=O) groups is 2. The highest BCUT2D eigenvalue weighted by molar-refractivity contribution is 6.19. The molecule has 1 heterocycles. The van der Waals surface area contributed by atoms with Gasteiger partial charge in [0, 0.05) is 16.7 Å². The maximum absolute atomic E-state index is 12.0. The molecular formula is C12H17NO2. The zero-order valence-corrected chi connectivity index (χ0v) is 9.59. The first-order chi connectivity index (χ1) is 6.93. The summed E-state index contributed by atoms with van der Waals surface area (Å²) < 4.78 is 0. The quantitative estimate of drug-likeness (QED) is 0.570. The summed E-state index contributed by atoms with van der Waals surface area (Å²) in [4.78, 5) is 25.5. The van der Waals surface area contributed by atoms with Crippen LogP contribution < -0.4 is 0 Å². The van der Waals surface area contributed by atoms with Crippen molar-refractivity contribution in [2.45, 2.75) is 52.0 Å². The molecule has 0 spiro atoms. The number of nitrogens with zero attached hydrogens (tertiary/aromatic N) is 1. The van der Waals surface area contributed by atoms with Crippen molar-refractivity contribution in [1.29, 1.82) is 0 Å². The fourth-order valence-electron chi connectivity index (χ4n) is 2.35. The Morgan fingerprint density at radius 2 is 1.33 bits per heavy atom. The second-order valence-corrected chi connectivity index (χ2v) is 5.28. The fraction of sp³-hybridized carbons (Fsp3) is 0.667. The van der Waals surface area contributed by atoms with Crippen LogP contribution in [0, 0.1) is 0 Å². The van der Waals surface area contributed by atoms with Crippen LogP contribution in [0.25, 0.3) is 0 Å². The average Bonchev–Trinajstić information content (AvgIpc) is 2.39. The van der Waals surface area contributed by atoms with E-state index in [1.807, 2.05) is 20.8 Å². The van der Waals surface area contributed by atoms with Gasteiger partial charge >= 0.3 is 0 Å². The molecule has 0 N–H and O–H groups in total. The normalized spacial score (nSPS) is 22.5. The number of imide groups is 1. The summed E-state index contributed by atoms with van der Waals surface area (Å²) in [5, 5.41) is 0. The van der Waals surface area contributed by atoms with E-state index in [0.29, 0.717) is 0 Å². The largest absolute Gasteiger partial charge is 0.270 e. The van der Waals surface area contributed by atoms with E-state index in [-0.39, 0.29) is 11.8 Å². The third-order valence-electron chi connectivity index (χ3n) is 3.06. The van der Waals surface area contributed by atoms with Crippen LogP contribution in [-0.4, -0.2) is 22.3 Å². The number of hydrogen-bond acceptors (Lipinski definition) is 2. The SMILES string of the molecule is CC(C)(C)N1C(=O)C2=C(CCCC2)C1=O. The van der Waals surface area contributed by atoms with Crippen molar-refractivity contribution in [3.8, 4) is 0 Å². The van der Waals surface area contributed by atoms with Crippen LogP contribution in [0.1, 0.15) is 46.5 Å². The van der Waals surface area contributed by atoms with Gasteiger partial charge in [-0.05, 0) is 46.5 Å². The molecule has 2 aliphatic rings. The van der Waals surface area contributed by atoms with Crippen molar-refractivity contribution in [3.63, 3.8) is 0 Å². The molecule has 1 aliphatic heterocycles. The highest BCUT2D eigenvalue weighted by atomic mass is 16.2. The molecule has 0 saturated carbocycles. The molecule has 0 unspecified atom stereocenters. The van der Waals surface area contributed by atoms with Gasteiger partial charge in [0.25, 0.3) is 11.8 Å². The van der Waals surface area contributed by atoms with Crippen LogP contribution in [0.3, 0.4) is 0 Å². The van der Waals surface area contributed by atoms with E-state index in [0.717, 1.165) is 36.8 Å². The van der Waals surface area contributed by atoms with Crippen molar-refractivity contribution in [3.05, 3.63) is 11.1 Å². The van der Waals surface area contributed by atoms with E-state index in [4.69, 9.17) is 0 Å². The Labute approximate surface area is 90.1 Å². The van der Waals surface area contributed by atoms with Gasteiger partial charge in [0.05, 0.1) is 0 Å². The molecule has 82 valence electrons. The molecule has 3 nitrogen and oxygen atoms in total. The molecule has 1 aliphatic carbocycles. The van der Waals surface area contributed by atoms with Crippen molar-refractivity contribution in [2.75, 3.05) is 0 Å². The minimum atomic E-state index is -0.397. The number of hydrogen-bond donors (Lipinski definition) is 0. The van der Waals surface area contributed by atoms with Gasteiger partial charge in [0.1, 0.15) is 0 Å². The highest BCUT2D eigenvalue weighted by Crippen LogP contribution is 2.36. The Bertz CT molecular complexity index is 332. The third kappa shape index (κ3) is 1.50. The molecule has 15 heavy (non-hydrogen) atoms. The molecule has 2 amide bonds. The van der Waals surface area contributed by atoms with Crippen LogP contribution in [0.4, 0.5) is 0 Å². The smallest absolute Gasteiger partial charge is 0.257 e. The lowest BCUT2D eigenvalue weighted by atomic mass is 9.93. The average molecular weight is 207 g/mol. The Kier molecular flexibility index (Phi) is 2.21. The fourth-order valence-corrected chi connectivity index (χ4v) is 2.35. The molecule has 0 aromatic rings. The van der Waals surface area contributed by atoms with Crippen LogP contribution in [0.5, 0.6) is 0 Å². The van der Waals surface area contributed by atoms with Gasteiger partial charge in [-0.2, -0.15) is 0 Å². The van der Waals surface area contributed by atoms with Gasteiger partial charge in [0.2, 0.25) is 0 Å². The van der Waals surface area contributed by atoms with Gasteiger partial charge in [-0.1, -0.05) is 0 Å². The lowest BCUT2D eigenvalue weighted by molar-refractivity contribution is -0.142. The van der Waals surface area contributed by atoms with Crippen molar-refractivity contribution in [1.82, 2.24) is 4.90 Å². The number of rotatable bonds is 0. The zero-order chi connectivity index (χ0) is 11.2. The molecule has 3 heteroatoms. The topological polar surface area (TPSA) is 37.4 Å². The summed E-state index contributed by atoms with van der Waals surface area (Å²) in [7, 11) is 0. The standard InChI is InChI=1S/C12H17NO2/c1-12(2,3)13-10(14)8-6-4-5-7-9(8)11(13)15/h4-7H2,1-3H3. The molecule has 0 bridgehead atoms. The monoisotopic (exact) mass is 207 g/mol. The molecule has 0 aromatic heterocycles. The first-order valence-corrected chi connectivity index (χ1v) is 5.54. The predicted octanol–water partition coefficient (Wildman–Crippen LogP) is 2.02. The summed E-state index contributed by atoms with van der Waals surface area (Å²) in [5.41, 5.74) is 1.16. The van der Waals surface area contributed by atoms with Crippen molar-refractivity contribution >= 4 is 11.8 Å². The summed E-state index contributed by atoms with van der Waals surface area (Å²) in [6.45, 7) is 5.71. The van der Waals surface area contributed by atoms with E-state index in [2.05, 4.69) is 0 Å². The van der Waals surface area contributed by atoms with Crippen molar-refractivity contribution < 1.29 is 9.59 Å². The van der Waals surface area contributed by atoms with Crippen molar-refractivity contribution in [2.24, 2.45) is 0 Å². The third-order valence-corrected chi connectivity index (χ3v) is 3.06. The van der Waals surface area contributed by atoms with Crippen LogP contribution in [0.15, 0.2) is 11.1 Å². The summed E-state index contributed by atoms with van der Waals surface area (Å²) in [6.07, 6.45) is 3.64. The summed E-state index contributed by atoms with van der Waals surface area (Å²) >= 11 is 0. The van der Waals surface area contributed by atoms with Crippen LogP contribution in [0.2, 0.25) is 0 Å². The van der Waals surface area contributed by atoms with E-state index in [1.165, 1.54) is 4.90 Å². The highest BCUT2D eigenvalue weighted by Gasteiger charge is 2.43. The Hall–Kier alpha value is -1.12. The van der Waals surface area contributed by atoms with Gasteiger partial charge in [-0.25, -0.2) is 0 Å². The number of carbonyl (C=O) groups excluding carboxylic acids is 2. The molecule has 0 atom stereocenters. The van der Waals surface area contributed by atoms with E-state index in [9.17, 15) is 9.59 Å². The van der Waals surface area contributed by atoms with Crippen LogP contribution in [-0.2, 0) is 9.59 Å². The molecule has 0 aromatic carbocycles. The lowest BCUT2D eigenvalue weighted by Crippen LogP contribution is -2.46. The molecule has 0 radical (unpaired) electrons. The number of amides is 2. The molecular weight excluding hydrogens is 190 g/mol. The summed E-state index contributed by atoms with van der Waals surface area (Å²) in [6, 6.07) is 0. The zero-order valence-electron chi connectivity index (χ0n) is 9.59. The van der Waals surface area contributed by atoms with Gasteiger partial charge in [-0.15, -0.1) is 0 Å². The first kappa shape index (κ1) is 10.4. The first-order valence-electron chi connectivity index (χ1n) is 5.54. The van der Waals surface area contributed by atoms with E-state index >= 15 is 0 Å². The van der Waals surface area contributed by atoms with Gasteiger partial charge in [-0.3, -0.25) is 14.5 Å². The molecule has 0 saturated heterocycles. The second kappa shape index (κ2) is 3.19. The van der Waals surface area contributed by atoms with Crippen LogP contribution >= 0.6 is 0 Å². The summed E-state index contributed by atoms with van der Waals surface area (Å²) in [5.74, 6) is -0.107. The lowest BCUT2D eigenvalue weighted by Gasteiger charge is -2.30. The van der Waals surface area contributed by atoms with Gasteiger partial charge < -0.3 is 0 Å².